The van der Waals surface area contributed by atoms with Crippen molar-refractivity contribution in [3.8, 4) is 11.3 Å². The zero-order valence-electron chi connectivity index (χ0n) is 11.4. The molecule has 1 fully saturated rings. The molecule has 1 amide bonds. The lowest BCUT2D eigenvalue weighted by Crippen LogP contribution is -2.22. The SMILES string of the molecule is O=C1NC(=S)N/C1=C\c1ccc(-c2ccc(C(=O)[O-])c(Cl)c2)o1. The Morgan fingerprint density at radius 2 is 2.04 bits per heavy atom. The third kappa shape index (κ3) is 3.10. The molecular weight excluding hydrogens is 340 g/mol. The van der Waals surface area contributed by atoms with E-state index < -0.39 is 5.97 Å². The lowest BCUT2D eigenvalue weighted by Gasteiger charge is -2.06. The summed E-state index contributed by atoms with van der Waals surface area (Å²) in [7, 11) is 0. The molecule has 1 saturated heterocycles. The van der Waals surface area contributed by atoms with Crippen LogP contribution in [-0.4, -0.2) is 17.0 Å². The second kappa shape index (κ2) is 5.86. The molecule has 0 aliphatic carbocycles. The zero-order valence-corrected chi connectivity index (χ0v) is 13.0. The first-order valence-corrected chi connectivity index (χ1v) is 7.18. The maximum absolute atomic E-state index is 11.6. The second-order valence-corrected chi connectivity index (χ2v) is 5.47. The van der Waals surface area contributed by atoms with Gasteiger partial charge in [-0.3, -0.25) is 10.1 Å². The minimum absolute atomic E-state index is 0.0565. The van der Waals surface area contributed by atoms with Crippen molar-refractivity contribution in [1.29, 1.82) is 0 Å². The number of carbonyl (C=O) groups is 2. The molecule has 2 aromatic rings. The van der Waals surface area contributed by atoms with Gasteiger partial charge in [-0.2, -0.15) is 0 Å². The number of carboxylic acids is 1. The van der Waals surface area contributed by atoms with Crippen LogP contribution in [0.15, 0.2) is 40.4 Å². The predicted octanol–water partition coefficient (Wildman–Crippen LogP) is 1.31. The molecule has 8 heteroatoms. The van der Waals surface area contributed by atoms with Gasteiger partial charge in [0, 0.05) is 17.2 Å². The summed E-state index contributed by atoms with van der Waals surface area (Å²) in [6.07, 6.45) is 1.51. The molecule has 116 valence electrons. The van der Waals surface area contributed by atoms with Gasteiger partial charge in [0.1, 0.15) is 17.2 Å². The van der Waals surface area contributed by atoms with Crippen molar-refractivity contribution in [3.05, 3.63) is 52.4 Å². The molecule has 6 nitrogen and oxygen atoms in total. The largest absolute Gasteiger partial charge is 0.545 e. The highest BCUT2D eigenvalue weighted by molar-refractivity contribution is 7.80. The number of carbonyl (C=O) groups excluding carboxylic acids is 2. The van der Waals surface area contributed by atoms with Crippen molar-refractivity contribution >= 4 is 46.9 Å². The maximum atomic E-state index is 11.6. The lowest BCUT2D eigenvalue weighted by molar-refractivity contribution is -0.255. The number of aromatic carboxylic acids is 1. The standard InChI is InChI=1S/C15H9ClN2O4S/c16-10-5-7(1-3-9(10)14(20)21)12-4-2-8(22-12)6-11-13(19)18-15(23)17-11/h1-6H,(H,20,21)(H2,17,18,19,23)/p-1/b11-6-. The predicted molar refractivity (Wildman–Crippen MR) is 85.3 cm³/mol. The van der Waals surface area contributed by atoms with Gasteiger partial charge in [0.15, 0.2) is 5.11 Å². The number of amides is 1. The Balaban J connectivity index is 1.89. The number of carboxylic acid groups (broad SMARTS) is 1. The average Bonchev–Trinajstić information content (AvgIpc) is 3.06. The van der Waals surface area contributed by atoms with Crippen LogP contribution >= 0.6 is 23.8 Å². The monoisotopic (exact) mass is 347 g/mol. The van der Waals surface area contributed by atoms with Crippen LogP contribution in [0.1, 0.15) is 16.1 Å². The summed E-state index contributed by atoms with van der Waals surface area (Å²) in [5.74, 6) is -0.776. The second-order valence-electron chi connectivity index (χ2n) is 4.65. The number of nitrogens with one attached hydrogen (secondary N) is 2. The third-order valence-electron chi connectivity index (χ3n) is 3.11. The van der Waals surface area contributed by atoms with Gasteiger partial charge >= 0.3 is 0 Å². The van der Waals surface area contributed by atoms with Crippen LogP contribution in [0.3, 0.4) is 0 Å². The molecule has 1 aliphatic heterocycles. The van der Waals surface area contributed by atoms with Gasteiger partial charge in [0.25, 0.3) is 5.91 Å². The summed E-state index contributed by atoms with van der Waals surface area (Å²) >= 11 is 10.7. The Kier molecular flexibility index (Phi) is 3.89. The fourth-order valence-corrected chi connectivity index (χ4v) is 2.50. The van der Waals surface area contributed by atoms with E-state index in [4.69, 9.17) is 28.2 Å². The van der Waals surface area contributed by atoms with Gasteiger partial charge < -0.3 is 19.6 Å². The van der Waals surface area contributed by atoms with Crippen LogP contribution in [0.25, 0.3) is 17.4 Å². The van der Waals surface area contributed by atoms with Crippen molar-refractivity contribution < 1.29 is 19.1 Å². The van der Waals surface area contributed by atoms with Crippen molar-refractivity contribution in [1.82, 2.24) is 10.6 Å². The third-order valence-corrected chi connectivity index (χ3v) is 3.62. The molecule has 23 heavy (non-hydrogen) atoms. The minimum Gasteiger partial charge on any atom is -0.545 e. The minimum atomic E-state index is -1.35. The fourth-order valence-electron chi connectivity index (χ4n) is 2.04. The Morgan fingerprint density at radius 3 is 2.65 bits per heavy atom. The van der Waals surface area contributed by atoms with E-state index in [2.05, 4.69) is 10.6 Å². The van der Waals surface area contributed by atoms with E-state index in [1.807, 2.05) is 0 Å². The number of hydrogen-bond donors (Lipinski definition) is 2. The summed E-state index contributed by atoms with van der Waals surface area (Å²) in [5, 5.41) is 16.3. The molecule has 0 spiro atoms. The molecule has 0 atom stereocenters. The van der Waals surface area contributed by atoms with Crippen LogP contribution in [0.5, 0.6) is 0 Å². The summed E-state index contributed by atoms with van der Waals surface area (Å²) in [6, 6.07) is 7.72. The Morgan fingerprint density at radius 1 is 1.26 bits per heavy atom. The van der Waals surface area contributed by atoms with Gasteiger partial charge in [0.2, 0.25) is 0 Å². The summed E-state index contributed by atoms with van der Waals surface area (Å²) in [4.78, 5) is 22.4. The zero-order chi connectivity index (χ0) is 16.6. The number of rotatable bonds is 3. The molecule has 0 saturated carbocycles. The number of hydrogen-bond acceptors (Lipinski definition) is 5. The topological polar surface area (TPSA) is 94.4 Å². The van der Waals surface area contributed by atoms with Crippen molar-refractivity contribution in [3.63, 3.8) is 0 Å². The van der Waals surface area contributed by atoms with Crippen LogP contribution in [0, 0.1) is 0 Å². The number of benzene rings is 1. The number of thiocarbonyl (C=S) groups is 1. The van der Waals surface area contributed by atoms with E-state index in [1.54, 1.807) is 18.2 Å². The molecule has 1 aliphatic rings. The highest BCUT2D eigenvalue weighted by atomic mass is 35.5. The Hall–Kier alpha value is -2.64. The molecule has 3 rings (SSSR count). The molecule has 2 N–H and O–H groups in total. The van der Waals surface area contributed by atoms with Gasteiger partial charge in [-0.15, -0.1) is 0 Å². The van der Waals surface area contributed by atoms with Crippen LogP contribution in [0.2, 0.25) is 5.02 Å². The Bertz CT molecular complexity index is 872. The van der Waals surface area contributed by atoms with Crippen LogP contribution < -0.4 is 15.7 Å². The highest BCUT2D eigenvalue weighted by Crippen LogP contribution is 2.27. The van der Waals surface area contributed by atoms with Crippen molar-refractivity contribution in [2.24, 2.45) is 0 Å². The molecule has 2 heterocycles. The van der Waals surface area contributed by atoms with Gasteiger partial charge in [-0.1, -0.05) is 23.7 Å². The molecule has 1 aromatic heterocycles. The fraction of sp³-hybridized carbons (Fsp3) is 0. The van der Waals surface area contributed by atoms with Crippen molar-refractivity contribution in [2.45, 2.75) is 0 Å². The van der Waals surface area contributed by atoms with Gasteiger partial charge in [0.05, 0.1) is 11.0 Å². The number of furan rings is 1. The van der Waals surface area contributed by atoms with Crippen LogP contribution in [-0.2, 0) is 4.79 Å². The first kappa shape index (κ1) is 15.3. The van der Waals surface area contributed by atoms with Gasteiger partial charge in [-0.05, 0) is 30.4 Å². The molecule has 0 bridgehead atoms. The first-order chi connectivity index (χ1) is 10.9. The molecular formula is C15H8ClN2O4S-. The van der Waals surface area contributed by atoms with Crippen molar-refractivity contribution in [2.75, 3.05) is 0 Å². The molecule has 0 radical (unpaired) electrons. The van der Waals surface area contributed by atoms with Crippen LogP contribution in [0.4, 0.5) is 0 Å². The normalized spacial score (nSPS) is 15.6. The molecule has 1 aromatic carbocycles. The quantitative estimate of drug-likeness (QED) is 0.642. The van der Waals surface area contributed by atoms with E-state index in [-0.39, 0.29) is 27.3 Å². The van der Waals surface area contributed by atoms with E-state index in [9.17, 15) is 14.7 Å². The summed E-state index contributed by atoms with van der Waals surface area (Å²) < 4.78 is 5.61. The maximum Gasteiger partial charge on any atom is 0.274 e. The lowest BCUT2D eigenvalue weighted by atomic mass is 10.1. The Labute approximate surface area is 140 Å². The molecule has 0 unspecified atom stereocenters. The van der Waals surface area contributed by atoms with E-state index in [1.165, 1.54) is 18.2 Å². The highest BCUT2D eigenvalue weighted by Gasteiger charge is 2.20. The van der Waals surface area contributed by atoms with E-state index >= 15 is 0 Å². The first-order valence-electron chi connectivity index (χ1n) is 6.39. The summed E-state index contributed by atoms with van der Waals surface area (Å²) in [6.45, 7) is 0. The van der Waals surface area contributed by atoms with Gasteiger partial charge in [-0.25, -0.2) is 0 Å². The van der Waals surface area contributed by atoms with E-state index in [0.717, 1.165) is 0 Å². The smallest absolute Gasteiger partial charge is 0.274 e. The number of halogens is 1. The summed E-state index contributed by atoms with van der Waals surface area (Å²) in [5.41, 5.74) is 0.787. The average molecular weight is 348 g/mol. The van der Waals surface area contributed by atoms with E-state index in [0.29, 0.717) is 17.1 Å².